The third-order valence-electron chi connectivity index (χ3n) is 3.75. The van der Waals surface area contributed by atoms with Gasteiger partial charge in [0.15, 0.2) is 5.69 Å². The predicted octanol–water partition coefficient (Wildman–Crippen LogP) is 2.75. The van der Waals surface area contributed by atoms with Crippen molar-refractivity contribution in [1.29, 1.82) is 0 Å². The van der Waals surface area contributed by atoms with Gasteiger partial charge in [0.1, 0.15) is 17.3 Å². The van der Waals surface area contributed by atoms with Crippen molar-refractivity contribution >= 4 is 5.91 Å². The van der Waals surface area contributed by atoms with Gasteiger partial charge in [-0.3, -0.25) is 9.59 Å². The molecule has 0 spiro atoms. The Labute approximate surface area is 147 Å². The zero-order valence-electron chi connectivity index (χ0n) is 13.9. The number of aryl methyl sites for hydroxylation is 1. The van der Waals surface area contributed by atoms with Gasteiger partial charge in [-0.1, -0.05) is 24.3 Å². The molecule has 0 aliphatic heterocycles. The number of benzene rings is 2. The molecule has 0 aliphatic carbocycles. The molecule has 0 saturated heterocycles. The van der Waals surface area contributed by atoms with Gasteiger partial charge in [0.2, 0.25) is 5.43 Å². The summed E-state index contributed by atoms with van der Waals surface area (Å²) in [5.41, 5.74) is 0.118. The van der Waals surface area contributed by atoms with E-state index < -0.39 is 23.0 Å². The van der Waals surface area contributed by atoms with E-state index in [1.54, 1.807) is 19.1 Å². The number of carbonyl (C=O) groups excluding carboxylic acids is 1. The predicted molar refractivity (Wildman–Crippen MR) is 92.1 cm³/mol. The van der Waals surface area contributed by atoms with Gasteiger partial charge in [-0.05, 0) is 36.8 Å². The molecule has 1 amide bonds. The number of hydrogen-bond donors (Lipinski definition) is 1. The van der Waals surface area contributed by atoms with Gasteiger partial charge in [0.25, 0.3) is 5.91 Å². The second-order valence-electron chi connectivity index (χ2n) is 5.67. The number of carbonyl (C=O) groups is 1. The molecule has 1 aromatic heterocycles. The van der Waals surface area contributed by atoms with Crippen LogP contribution in [0.2, 0.25) is 0 Å². The Morgan fingerprint density at radius 1 is 1.12 bits per heavy atom. The number of halogens is 2. The first kappa shape index (κ1) is 17.5. The molecule has 26 heavy (non-hydrogen) atoms. The van der Waals surface area contributed by atoms with Crippen LogP contribution in [0.5, 0.6) is 0 Å². The van der Waals surface area contributed by atoms with Gasteiger partial charge in [0.05, 0.1) is 0 Å². The zero-order valence-corrected chi connectivity index (χ0v) is 13.9. The average molecular weight is 355 g/mol. The Morgan fingerprint density at radius 2 is 1.88 bits per heavy atom. The monoisotopic (exact) mass is 355 g/mol. The van der Waals surface area contributed by atoms with Crippen LogP contribution in [0, 0.1) is 18.6 Å². The van der Waals surface area contributed by atoms with Crippen molar-refractivity contribution in [2.24, 2.45) is 0 Å². The van der Waals surface area contributed by atoms with E-state index in [0.29, 0.717) is 11.3 Å². The lowest BCUT2D eigenvalue weighted by Crippen LogP contribution is -2.31. The fourth-order valence-electron chi connectivity index (χ4n) is 2.49. The van der Waals surface area contributed by atoms with E-state index in [9.17, 15) is 18.4 Å². The first-order valence-electron chi connectivity index (χ1n) is 7.84. The van der Waals surface area contributed by atoms with E-state index in [1.165, 1.54) is 47.1 Å². The van der Waals surface area contributed by atoms with Gasteiger partial charge in [-0.15, -0.1) is 0 Å². The average Bonchev–Trinajstić information content (AvgIpc) is 2.61. The summed E-state index contributed by atoms with van der Waals surface area (Å²) in [5.74, 6) is -1.67. The molecule has 1 N–H and O–H groups in total. The second-order valence-corrected chi connectivity index (χ2v) is 5.67. The molecule has 0 fully saturated rings. The first-order valence-corrected chi connectivity index (χ1v) is 7.84. The smallest absolute Gasteiger partial charge is 0.276 e. The topological polar surface area (TPSA) is 64.0 Å². The van der Waals surface area contributed by atoms with E-state index in [2.05, 4.69) is 10.4 Å². The van der Waals surface area contributed by atoms with Crippen molar-refractivity contribution in [3.8, 4) is 5.69 Å². The first-order chi connectivity index (χ1) is 12.5. The summed E-state index contributed by atoms with van der Waals surface area (Å²) >= 11 is 0. The van der Waals surface area contributed by atoms with Crippen LogP contribution in [-0.2, 0) is 6.54 Å². The molecule has 0 aliphatic rings. The Bertz CT molecular complexity index is 1030. The zero-order chi connectivity index (χ0) is 18.7. The Kier molecular flexibility index (Phi) is 4.88. The number of para-hydroxylation sites is 1. The van der Waals surface area contributed by atoms with Crippen molar-refractivity contribution in [1.82, 2.24) is 15.1 Å². The molecule has 0 radical (unpaired) electrons. The van der Waals surface area contributed by atoms with Crippen molar-refractivity contribution in [3.63, 3.8) is 0 Å². The van der Waals surface area contributed by atoms with Crippen LogP contribution in [0.3, 0.4) is 0 Å². The summed E-state index contributed by atoms with van der Waals surface area (Å²) in [6.45, 7) is 1.63. The van der Waals surface area contributed by atoms with Crippen LogP contribution in [0.25, 0.3) is 5.69 Å². The molecule has 0 atom stereocenters. The van der Waals surface area contributed by atoms with Crippen LogP contribution < -0.4 is 10.7 Å². The number of nitrogens with zero attached hydrogens (tertiary/aromatic N) is 2. The molecular formula is C19H15F2N3O2. The third-order valence-corrected chi connectivity index (χ3v) is 3.75. The van der Waals surface area contributed by atoms with E-state index in [-0.39, 0.29) is 17.9 Å². The highest BCUT2D eigenvalue weighted by atomic mass is 19.1. The SMILES string of the molecule is Cc1cc(=O)c(C(=O)NCc2cccc(F)c2)nn1-c1ccccc1F. The molecule has 7 heteroatoms. The van der Waals surface area contributed by atoms with Gasteiger partial charge in [-0.2, -0.15) is 5.10 Å². The van der Waals surface area contributed by atoms with Crippen LogP contribution in [-0.4, -0.2) is 15.7 Å². The van der Waals surface area contributed by atoms with Gasteiger partial charge in [-0.25, -0.2) is 13.5 Å². The second kappa shape index (κ2) is 7.26. The Morgan fingerprint density at radius 3 is 2.62 bits per heavy atom. The summed E-state index contributed by atoms with van der Waals surface area (Å²) in [6.07, 6.45) is 0. The highest BCUT2D eigenvalue weighted by molar-refractivity contribution is 5.92. The number of nitrogens with one attached hydrogen (secondary N) is 1. The summed E-state index contributed by atoms with van der Waals surface area (Å²) in [5, 5.41) is 6.53. The minimum atomic E-state index is -0.718. The van der Waals surface area contributed by atoms with E-state index in [4.69, 9.17) is 0 Å². The minimum absolute atomic E-state index is 0.0330. The maximum atomic E-state index is 14.0. The number of aromatic nitrogens is 2. The van der Waals surface area contributed by atoms with Gasteiger partial charge in [0, 0.05) is 18.3 Å². The lowest BCUT2D eigenvalue weighted by atomic mass is 10.2. The van der Waals surface area contributed by atoms with Crippen LogP contribution >= 0.6 is 0 Å². The number of amides is 1. The Hall–Kier alpha value is -3.35. The number of hydrogen-bond acceptors (Lipinski definition) is 3. The van der Waals surface area contributed by atoms with Crippen LogP contribution in [0.4, 0.5) is 8.78 Å². The normalized spacial score (nSPS) is 10.6. The fraction of sp³-hybridized carbons (Fsp3) is 0.105. The molecule has 3 rings (SSSR count). The van der Waals surface area contributed by atoms with Crippen LogP contribution in [0.15, 0.2) is 59.4 Å². The number of rotatable bonds is 4. The summed E-state index contributed by atoms with van der Waals surface area (Å²) in [4.78, 5) is 24.5. The summed E-state index contributed by atoms with van der Waals surface area (Å²) in [7, 11) is 0. The maximum Gasteiger partial charge on any atom is 0.276 e. The lowest BCUT2D eigenvalue weighted by Gasteiger charge is -2.12. The molecule has 132 valence electrons. The molecule has 3 aromatic rings. The highest BCUT2D eigenvalue weighted by Crippen LogP contribution is 2.13. The van der Waals surface area contributed by atoms with E-state index in [1.807, 2.05) is 0 Å². The largest absolute Gasteiger partial charge is 0.346 e. The van der Waals surface area contributed by atoms with Crippen molar-refractivity contribution < 1.29 is 13.6 Å². The molecule has 1 heterocycles. The minimum Gasteiger partial charge on any atom is -0.346 e. The quantitative estimate of drug-likeness (QED) is 0.783. The molecule has 0 unspecified atom stereocenters. The fourth-order valence-corrected chi connectivity index (χ4v) is 2.49. The van der Waals surface area contributed by atoms with E-state index >= 15 is 0 Å². The maximum absolute atomic E-state index is 14.0. The molecule has 0 saturated carbocycles. The molecular weight excluding hydrogens is 340 g/mol. The highest BCUT2D eigenvalue weighted by Gasteiger charge is 2.16. The standard InChI is InChI=1S/C19H15F2N3O2/c1-12-9-17(25)18(23-24(12)16-8-3-2-7-15(16)21)19(26)22-11-13-5-4-6-14(20)10-13/h2-10H,11H2,1H3,(H,22,26). The van der Waals surface area contributed by atoms with Crippen molar-refractivity contribution in [2.75, 3.05) is 0 Å². The summed E-state index contributed by atoms with van der Waals surface area (Å²) < 4.78 is 28.4. The van der Waals surface area contributed by atoms with Crippen LogP contribution in [0.1, 0.15) is 21.7 Å². The molecule has 2 aromatic carbocycles. The third kappa shape index (κ3) is 3.66. The summed E-state index contributed by atoms with van der Waals surface area (Å²) in [6, 6.07) is 12.9. The molecule has 0 bridgehead atoms. The van der Waals surface area contributed by atoms with Gasteiger partial charge < -0.3 is 5.32 Å². The molecule has 5 nitrogen and oxygen atoms in total. The van der Waals surface area contributed by atoms with Crippen molar-refractivity contribution in [2.45, 2.75) is 13.5 Å². The Balaban J connectivity index is 1.90. The van der Waals surface area contributed by atoms with Gasteiger partial charge >= 0.3 is 0 Å². The van der Waals surface area contributed by atoms with E-state index in [0.717, 1.165) is 0 Å². The van der Waals surface area contributed by atoms with Crippen molar-refractivity contribution in [3.05, 3.63) is 93.4 Å². The lowest BCUT2D eigenvalue weighted by molar-refractivity contribution is 0.0943.